The van der Waals surface area contributed by atoms with E-state index in [2.05, 4.69) is 10.3 Å². The number of aromatic nitrogens is 1. The third kappa shape index (κ3) is 4.11. The second kappa shape index (κ2) is 6.49. The van der Waals surface area contributed by atoms with Gasteiger partial charge in [-0.1, -0.05) is 0 Å². The largest absolute Gasteiger partial charge is 0.459 e. The number of pyridine rings is 1. The maximum atomic E-state index is 13.3. The second-order valence-corrected chi connectivity index (χ2v) is 4.74. The van der Waals surface area contributed by atoms with Gasteiger partial charge in [-0.25, -0.2) is 9.18 Å². The number of amides is 2. The Balaban J connectivity index is 2.33. The first kappa shape index (κ1) is 18.4. The molecular weight excluding hydrogens is 356 g/mol. The molecule has 0 bridgehead atoms. The van der Waals surface area contributed by atoms with Gasteiger partial charge in [-0.05, 0) is 36.4 Å². The van der Waals surface area contributed by atoms with Crippen molar-refractivity contribution in [3.05, 3.63) is 59.5 Å². The number of alkyl halides is 5. The van der Waals surface area contributed by atoms with Crippen LogP contribution >= 0.6 is 0 Å². The van der Waals surface area contributed by atoms with Gasteiger partial charge in [-0.15, -0.1) is 0 Å². The van der Waals surface area contributed by atoms with E-state index in [9.17, 15) is 36.3 Å². The molecule has 5 nitrogen and oxygen atoms in total. The number of carbonyl (C=O) groups is 1. The lowest BCUT2D eigenvalue weighted by molar-refractivity contribution is -0.294. The van der Waals surface area contributed by atoms with E-state index >= 15 is 0 Å². The van der Waals surface area contributed by atoms with Crippen LogP contribution in [0.3, 0.4) is 0 Å². The summed E-state index contributed by atoms with van der Waals surface area (Å²) in [7, 11) is 0. The number of nitrogens with zero attached hydrogens (tertiary/aromatic N) is 2. The van der Waals surface area contributed by atoms with Gasteiger partial charge >= 0.3 is 18.1 Å². The highest BCUT2D eigenvalue weighted by Gasteiger charge is 2.60. The van der Waals surface area contributed by atoms with E-state index in [0.29, 0.717) is 6.20 Å². The summed E-state index contributed by atoms with van der Waals surface area (Å²) in [4.78, 5) is 15.0. The minimum atomic E-state index is -5.95. The van der Waals surface area contributed by atoms with Crippen molar-refractivity contribution in [3.8, 4) is 0 Å². The van der Waals surface area contributed by atoms with Crippen molar-refractivity contribution in [2.45, 2.75) is 12.1 Å². The predicted molar refractivity (Wildman–Crippen MR) is 72.5 cm³/mol. The number of anilines is 1. The van der Waals surface area contributed by atoms with Crippen molar-refractivity contribution in [1.82, 2.24) is 4.73 Å². The van der Waals surface area contributed by atoms with Crippen LogP contribution in [0.1, 0.15) is 5.69 Å². The fraction of sp³-hybridized carbons (Fsp3) is 0.143. The Morgan fingerprint density at radius 2 is 1.68 bits per heavy atom. The Morgan fingerprint density at radius 1 is 1.08 bits per heavy atom. The zero-order chi connectivity index (χ0) is 18.8. The van der Waals surface area contributed by atoms with Gasteiger partial charge in [0.2, 0.25) is 0 Å². The highest BCUT2D eigenvalue weighted by Crippen LogP contribution is 2.42. The van der Waals surface area contributed by atoms with E-state index in [1.807, 2.05) is 0 Å². The van der Waals surface area contributed by atoms with E-state index in [-0.39, 0.29) is 11.8 Å². The Bertz CT molecular complexity index is 843. The minimum absolute atomic E-state index is 0.129. The number of benzene rings is 1. The first-order chi connectivity index (χ1) is 11.5. The van der Waals surface area contributed by atoms with Crippen molar-refractivity contribution in [1.29, 1.82) is 0 Å². The van der Waals surface area contributed by atoms with Crippen LogP contribution in [-0.4, -0.2) is 22.1 Å². The van der Waals surface area contributed by atoms with Gasteiger partial charge in [0, 0.05) is 11.9 Å². The lowest BCUT2D eigenvalue weighted by atomic mass is 10.2. The smallest absolute Gasteiger partial charge is 0.429 e. The first-order valence-corrected chi connectivity index (χ1v) is 6.49. The molecule has 2 N–H and O–H groups in total. The molecule has 0 saturated heterocycles. The van der Waals surface area contributed by atoms with Crippen molar-refractivity contribution >= 4 is 11.7 Å². The Morgan fingerprint density at radius 3 is 2.24 bits per heavy atom. The Labute approximate surface area is 135 Å². The zero-order valence-electron chi connectivity index (χ0n) is 12.1. The standard InChI is InChI=1S/C14H9F6N3O2/c15-8-1-3-9(4-2-8)21-12(24)22-10-5-6-23(25)11(7-10)13(16,17)14(18,19)20/h1-7,25H,(H,21,24)/b22-10-. The fourth-order valence-corrected chi connectivity index (χ4v) is 1.73. The molecular formula is C14H9F6N3O2. The van der Waals surface area contributed by atoms with Gasteiger partial charge in [-0.3, -0.25) is 0 Å². The van der Waals surface area contributed by atoms with Gasteiger partial charge in [0.25, 0.3) is 0 Å². The van der Waals surface area contributed by atoms with Crippen LogP contribution in [0, 0.1) is 5.82 Å². The maximum absolute atomic E-state index is 13.3. The van der Waals surface area contributed by atoms with Crippen LogP contribution < -0.4 is 10.7 Å². The van der Waals surface area contributed by atoms with Crippen LogP contribution in [-0.2, 0) is 5.92 Å². The number of carbonyl (C=O) groups excluding carboxylic acids is 1. The summed E-state index contributed by atoms with van der Waals surface area (Å²) in [6, 6.07) is 4.43. The Hall–Kier alpha value is -2.98. The molecule has 134 valence electrons. The molecule has 2 rings (SSSR count). The lowest BCUT2D eigenvalue weighted by Gasteiger charge is -2.20. The molecule has 0 spiro atoms. The fourth-order valence-electron chi connectivity index (χ4n) is 1.73. The van der Waals surface area contributed by atoms with Crippen molar-refractivity contribution in [2.75, 3.05) is 5.32 Å². The van der Waals surface area contributed by atoms with Crippen molar-refractivity contribution < 1.29 is 36.3 Å². The summed E-state index contributed by atoms with van der Waals surface area (Å²) in [5.41, 5.74) is -1.68. The van der Waals surface area contributed by atoms with Crippen LogP contribution in [0.25, 0.3) is 0 Å². The SMILES string of the molecule is O=C(/N=c1/ccn(O)c(C(F)(F)C(F)(F)F)c1)Nc1ccc(F)cc1. The molecule has 25 heavy (non-hydrogen) atoms. The van der Waals surface area contributed by atoms with Gasteiger partial charge in [0.05, 0.1) is 5.36 Å². The lowest BCUT2D eigenvalue weighted by Crippen LogP contribution is -2.37. The molecule has 0 aliphatic carbocycles. The number of nitrogens with one attached hydrogen (secondary N) is 1. The molecule has 0 saturated carbocycles. The van der Waals surface area contributed by atoms with E-state index in [1.165, 1.54) is 12.1 Å². The first-order valence-electron chi connectivity index (χ1n) is 6.49. The minimum Gasteiger partial charge on any atom is -0.429 e. The molecule has 0 fully saturated rings. The van der Waals surface area contributed by atoms with Gasteiger partial charge < -0.3 is 10.5 Å². The molecule has 0 unspecified atom stereocenters. The van der Waals surface area contributed by atoms with E-state index in [1.54, 1.807) is 0 Å². The molecule has 0 aliphatic heterocycles. The summed E-state index contributed by atoms with van der Waals surface area (Å²) in [5, 5.41) is 10.8. The summed E-state index contributed by atoms with van der Waals surface area (Å²) in [6.07, 6.45) is -5.47. The molecule has 0 radical (unpaired) electrons. The third-order valence-electron chi connectivity index (χ3n) is 2.92. The topological polar surface area (TPSA) is 66.6 Å². The number of hydrogen-bond acceptors (Lipinski definition) is 2. The average Bonchev–Trinajstić information content (AvgIpc) is 2.50. The number of rotatable bonds is 2. The highest BCUT2D eigenvalue weighted by molar-refractivity contribution is 5.89. The van der Waals surface area contributed by atoms with Gasteiger partial charge in [0.1, 0.15) is 11.5 Å². The van der Waals surface area contributed by atoms with Crippen molar-refractivity contribution in [2.24, 2.45) is 4.99 Å². The molecule has 1 heterocycles. The molecule has 1 aromatic heterocycles. The molecule has 1 aromatic carbocycles. The molecule has 2 amide bonds. The van der Waals surface area contributed by atoms with E-state index in [0.717, 1.165) is 18.2 Å². The molecule has 0 aliphatic rings. The average molecular weight is 365 g/mol. The molecule has 11 heteroatoms. The van der Waals surface area contributed by atoms with E-state index < -0.39 is 39.7 Å². The van der Waals surface area contributed by atoms with E-state index in [4.69, 9.17) is 0 Å². The third-order valence-corrected chi connectivity index (χ3v) is 2.92. The van der Waals surface area contributed by atoms with Crippen LogP contribution in [0.15, 0.2) is 47.6 Å². The molecule has 0 atom stereocenters. The normalized spacial score (nSPS) is 13.0. The number of urea groups is 1. The van der Waals surface area contributed by atoms with Gasteiger partial charge in [-0.2, -0.15) is 31.7 Å². The zero-order valence-corrected chi connectivity index (χ0v) is 12.1. The Kier molecular flexibility index (Phi) is 4.77. The summed E-state index contributed by atoms with van der Waals surface area (Å²) >= 11 is 0. The summed E-state index contributed by atoms with van der Waals surface area (Å²) in [5.74, 6) is -5.93. The van der Waals surface area contributed by atoms with Crippen LogP contribution in [0.2, 0.25) is 0 Å². The molecule has 2 aromatic rings. The number of hydrogen-bond donors (Lipinski definition) is 2. The quantitative estimate of drug-likeness (QED) is 0.630. The van der Waals surface area contributed by atoms with Gasteiger partial charge in [0.15, 0.2) is 0 Å². The predicted octanol–water partition coefficient (Wildman–Crippen LogP) is 3.65. The van der Waals surface area contributed by atoms with Crippen LogP contribution in [0.4, 0.5) is 36.8 Å². The summed E-state index contributed by atoms with van der Waals surface area (Å²) < 4.78 is 76.2. The van der Waals surface area contributed by atoms with Crippen molar-refractivity contribution in [3.63, 3.8) is 0 Å². The second-order valence-electron chi connectivity index (χ2n) is 4.74. The monoisotopic (exact) mass is 365 g/mol. The number of halogens is 6. The maximum Gasteiger partial charge on any atom is 0.459 e. The summed E-state index contributed by atoms with van der Waals surface area (Å²) in [6.45, 7) is 0. The van der Waals surface area contributed by atoms with Crippen LogP contribution in [0.5, 0.6) is 0 Å². The highest BCUT2D eigenvalue weighted by atomic mass is 19.4.